The summed E-state index contributed by atoms with van der Waals surface area (Å²) >= 11 is 0. The van der Waals surface area contributed by atoms with Crippen LogP contribution in [0.2, 0.25) is 47.3 Å². The van der Waals surface area contributed by atoms with Gasteiger partial charge in [-0.1, -0.05) is 74.3 Å². The lowest BCUT2D eigenvalue weighted by Gasteiger charge is -2.56. The number of aliphatic hydroxyl groups is 1. The third kappa shape index (κ3) is 4.95. The highest BCUT2D eigenvalue weighted by Crippen LogP contribution is 2.61. The number of hydrogen-bond acceptors (Lipinski definition) is 3. The molecule has 1 N–H and O–H groups in total. The maximum atomic E-state index is 11.9. The lowest BCUT2D eigenvalue weighted by Crippen LogP contribution is -2.56. The van der Waals surface area contributed by atoms with Crippen LogP contribution in [0, 0.1) is 0 Å². The van der Waals surface area contributed by atoms with Crippen LogP contribution in [0.3, 0.4) is 0 Å². The van der Waals surface area contributed by atoms with Crippen molar-refractivity contribution in [3.05, 3.63) is 12.2 Å². The molecule has 3 nitrogen and oxygen atoms in total. The van der Waals surface area contributed by atoms with Crippen molar-refractivity contribution >= 4 is 16.1 Å². The fourth-order valence-electron chi connectivity index (χ4n) is 4.81. The Morgan fingerprint density at radius 1 is 1.00 bits per heavy atom. The van der Waals surface area contributed by atoms with Gasteiger partial charge in [0.1, 0.15) is 0 Å². The summed E-state index contributed by atoms with van der Waals surface area (Å²) in [6, 6.07) is 0. The van der Waals surface area contributed by atoms with Crippen LogP contribution in [-0.4, -0.2) is 39.9 Å². The molecule has 5 heteroatoms. The van der Waals surface area contributed by atoms with Crippen molar-refractivity contribution in [1.29, 1.82) is 0 Å². The monoisotopic (exact) mass is 440 g/mol. The van der Waals surface area contributed by atoms with E-state index < -0.39 is 21.9 Å². The van der Waals surface area contributed by atoms with Gasteiger partial charge in [-0.25, -0.2) is 0 Å². The zero-order valence-corrected chi connectivity index (χ0v) is 22.9. The van der Waals surface area contributed by atoms with Gasteiger partial charge in [-0.05, 0) is 52.4 Å². The average Bonchev–Trinajstić information content (AvgIpc) is 2.55. The molecule has 0 aromatic carbocycles. The highest BCUT2D eigenvalue weighted by atomic mass is 28.3. The molecule has 0 radical (unpaired) electrons. The van der Waals surface area contributed by atoms with Crippen molar-refractivity contribution in [3.63, 3.8) is 0 Å². The molecule has 0 amide bonds. The van der Waals surface area contributed by atoms with E-state index in [1.807, 2.05) is 0 Å². The van der Waals surface area contributed by atoms with Crippen LogP contribution in [0.4, 0.5) is 0 Å². The van der Waals surface area contributed by atoms with E-state index in [2.05, 4.69) is 74.3 Å². The molecule has 0 aromatic heterocycles. The van der Waals surface area contributed by atoms with Crippen LogP contribution in [0.1, 0.15) is 73.6 Å². The SMILES string of the molecule is C=C1[C@H]([Si](C)(C)C(C)(C)C)C[C@H]([Si](C)(C)C(C)(C)C)CC1(O)OC1CCCCO1. The molecule has 2 aliphatic rings. The fourth-order valence-corrected chi connectivity index (χ4v) is 10.9. The van der Waals surface area contributed by atoms with E-state index in [1.54, 1.807) is 0 Å². The summed E-state index contributed by atoms with van der Waals surface area (Å²) in [6.45, 7) is 29.4. The first-order valence-electron chi connectivity index (χ1n) is 11.6. The lowest BCUT2D eigenvalue weighted by atomic mass is 9.88. The van der Waals surface area contributed by atoms with Gasteiger partial charge in [0.05, 0.1) is 16.1 Å². The van der Waals surface area contributed by atoms with Crippen LogP contribution >= 0.6 is 0 Å². The minimum absolute atomic E-state index is 0.234. The molecule has 0 bridgehead atoms. The summed E-state index contributed by atoms with van der Waals surface area (Å²) in [4.78, 5) is 0. The normalized spacial score (nSPS) is 33.1. The van der Waals surface area contributed by atoms with E-state index in [0.29, 0.717) is 17.5 Å². The van der Waals surface area contributed by atoms with Crippen LogP contribution in [0.25, 0.3) is 0 Å². The van der Waals surface area contributed by atoms with Crippen molar-refractivity contribution in [2.45, 2.75) is 133 Å². The quantitative estimate of drug-likeness (QED) is 0.282. The standard InChI is InChI=1S/C24H48O3Si2/c1-18-20(29(10,11)23(5,6)7)16-19(28(8,9)22(2,3)4)17-24(18,25)27-21-14-12-13-15-26-21/h19-21,25H,1,12-17H2,2-11H3/t19-,20+,21?,24?/m0/s1. The number of rotatable bonds is 4. The zero-order chi connectivity index (χ0) is 22.5. The topological polar surface area (TPSA) is 38.7 Å². The summed E-state index contributed by atoms with van der Waals surface area (Å²) in [5.41, 5.74) is 1.78. The molecule has 0 spiro atoms. The summed E-state index contributed by atoms with van der Waals surface area (Å²) in [7, 11) is -3.43. The Hall–Kier alpha value is 0.0538. The predicted octanol–water partition coefficient (Wildman–Crippen LogP) is 7.33. The van der Waals surface area contributed by atoms with Crippen molar-refractivity contribution in [1.82, 2.24) is 0 Å². The molecule has 1 aliphatic heterocycles. The summed E-state index contributed by atoms with van der Waals surface area (Å²) < 4.78 is 12.3. The third-order valence-electron chi connectivity index (χ3n) is 9.19. The summed E-state index contributed by atoms with van der Waals surface area (Å²) in [5, 5.41) is 12.4. The maximum Gasteiger partial charge on any atom is 0.190 e. The zero-order valence-electron chi connectivity index (χ0n) is 20.9. The second kappa shape index (κ2) is 8.20. The molecule has 2 unspecified atom stereocenters. The molecule has 4 atom stereocenters. The first-order chi connectivity index (χ1) is 12.9. The Labute approximate surface area is 182 Å². The molecule has 2 rings (SSSR count). The molecule has 2 fully saturated rings. The highest BCUT2D eigenvalue weighted by molar-refractivity contribution is 6.83. The van der Waals surface area contributed by atoms with E-state index in [9.17, 15) is 5.11 Å². The van der Waals surface area contributed by atoms with Gasteiger partial charge < -0.3 is 14.6 Å². The lowest BCUT2D eigenvalue weighted by molar-refractivity contribution is -0.288. The second-order valence-corrected chi connectivity index (χ2v) is 24.3. The minimum Gasteiger partial charge on any atom is -0.362 e. The van der Waals surface area contributed by atoms with Gasteiger partial charge in [-0.3, -0.25) is 0 Å². The van der Waals surface area contributed by atoms with Crippen molar-refractivity contribution in [3.8, 4) is 0 Å². The Balaban J connectivity index is 2.45. The number of ether oxygens (including phenoxy) is 2. The molecule has 1 heterocycles. The van der Waals surface area contributed by atoms with E-state index in [1.165, 1.54) is 0 Å². The van der Waals surface area contributed by atoms with Gasteiger partial charge >= 0.3 is 0 Å². The largest absolute Gasteiger partial charge is 0.362 e. The van der Waals surface area contributed by atoms with Crippen molar-refractivity contribution in [2.75, 3.05) is 6.61 Å². The second-order valence-electron chi connectivity index (χ2n) is 12.9. The Bertz CT molecular complexity index is 594. The van der Waals surface area contributed by atoms with Gasteiger partial charge in [0.15, 0.2) is 12.1 Å². The summed E-state index contributed by atoms with van der Waals surface area (Å²) in [6.07, 6.45) is 4.58. The molecular weight excluding hydrogens is 392 g/mol. The molecular formula is C24H48O3Si2. The molecule has 29 heavy (non-hydrogen) atoms. The van der Waals surface area contributed by atoms with Gasteiger partial charge in [0, 0.05) is 13.0 Å². The molecule has 0 aromatic rings. The third-order valence-corrected chi connectivity index (χ3v) is 21.7. The first kappa shape index (κ1) is 25.3. The van der Waals surface area contributed by atoms with Crippen LogP contribution in [0.5, 0.6) is 0 Å². The van der Waals surface area contributed by atoms with E-state index >= 15 is 0 Å². The summed E-state index contributed by atoms with van der Waals surface area (Å²) in [5.74, 6) is -1.26. The molecule has 1 saturated carbocycles. The van der Waals surface area contributed by atoms with E-state index in [4.69, 9.17) is 9.47 Å². The molecule has 170 valence electrons. The Morgan fingerprint density at radius 3 is 2.00 bits per heavy atom. The molecule has 1 saturated heterocycles. The highest BCUT2D eigenvalue weighted by Gasteiger charge is 2.57. The van der Waals surface area contributed by atoms with Crippen LogP contribution < -0.4 is 0 Å². The first-order valence-corrected chi connectivity index (χ1v) is 17.8. The Kier molecular flexibility index (Phi) is 7.15. The predicted molar refractivity (Wildman–Crippen MR) is 130 cm³/mol. The van der Waals surface area contributed by atoms with Crippen molar-refractivity contribution < 1.29 is 14.6 Å². The van der Waals surface area contributed by atoms with E-state index in [0.717, 1.165) is 37.9 Å². The molecule has 1 aliphatic carbocycles. The average molecular weight is 441 g/mol. The minimum atomic E-state index is -1.76. The smallest absolute Gasteiger partial charge is 0.190 e. The van der Waals surface area contributed by atoms with Crippen molar-refractivity contribution in [2.24, 2.45) is 0 Å². The van der Waals surface area contributed by atoms with E-state index in [-0.39, 0.29) is 16.4 Å². The van der Waals surface area contributed by atoms with Crippen LogP contribution in [-0.2, 0) is 9.47 Å². The fraction of sp³-hybridized carbons (Fsp3) is 0.917. The Morgan fingerprint density at radius 2 is 1.55 bits per heavy atom. The number of hydrogen-bond donors (Lipinski definition) is 1. The van der Waals surface area contributed by atoms with Gasteiger partial charge in [0.25, 0.3) is 0 Å². The van der Waals surface area contributed by atoms with Gasteiger partial charge in [-0.2, -0.15) is 0 Å². The van der Waals surface area contributed by atoms with Gasteiger partial charge in [-0.15, -0.1) is 0 Å². The van der Waals surface area contributed by atoms with Gasteiger partial charge in [0.2, 0.25) is 0 Å². The van der Waals surface area contributed by atoms with Crippen LogP contribution in [0.15, 0.2) is 12.2 Å². The maximum absolute atomic E-state index is 11.9.